The van der Waals surface area contributed by atoms with Crippen molar-refractivity contribution in [1.29, 1.82) is 0 Å². The van der Waals surface area contributed by atoms with Gasteiger partial charge in [0.25, 0.3) is 5.91 Å². The Labute approximate surface area is 172 Å². The van der Waals surface area contributed by atoms with Gasteiger partial charge < -0.3 is 10.3 Å². The first-order valence-electron chi connectivity index (χ1n) is 9.87. The van der Waals surface area contributed by atoms with Crippen LogP contribution < -0.4 is 5.32 Å². The second-order valence-electron chi connectivity index (χ2n) is 7.63. The normalized spacial score (nSPS) is 14.4. The molecule has 1 aromatic carbocycles. The van der Waals surface area contributed by atoms with E-state index in [0.717, 1.165) is 41.1 Å². The summed E-state index contributed by atoms with van der Waals surface area (Å²) in [4.78, 5) is 20.6. The molecule has 0 bridgehead atoms. The number of hydrogen-bond acceptors (Lipinski definition) is 4. The minimum atomic E-state index is -0.159. The number of hydrogen-bond donors (Lipinski definition) is 2. The van der Waals surface area contributed by atoms with Crippen LogP contribution in [0.2, 0.25) is 5.02 Å². The van der Waals surface area contributed by atoms with Crippen molar-refractivity contribution in [2.45, 2.75) is 38.5 Å². The number of halogens is 1. The fraction of sp³-hybridized carbons (Fsp3) is 0.333. The molecule has 0 aliphatic heterocycles. The average Bonchev–Trinajstić information content (AvgIpc) is 3.25. The molecule has 1 amide bonds. The van der Waals surface area contributed by atoms with Crippen LogP contribution in [0.25, 0.3) is 16.7 Å². The van der Waals surface area contributed by atoms with Gasteiger partial charge in [-0.3, -0.25) is 9.20 Å². The smallest absolute Gasteiger partial charge is 0.255 e. The highest BCUT2D eigenvalue weighted by molar-refractivity contribution is 6.35. The fourth-order valence-corrected chi connectivity index (χ4v) is 4.14. The Morgan fingerprint density at radius 1 is 1.34 bits per heavy atom. The van der Waals surface area contributed by atoms with Crippen molar-refractivity contribution >= 4 is 34.2 Å². The zero-order valence-corrected chi connectivity index (χ0v) is 16.8. The van der Waals surface area contributed by atoms with Gasteiger partial charge in [-0.2, -0.15) is 0 Å². The summed E-state index contributed by atoms with van der Waals surface area (Å²) in [6.07, 6.45) is 6.02. The lowest BCUT2D eigenvalue weighted by Crippen LogP contribution is -2.26. The topological polar surface area (TPSA) is 88.0 Å². The molecule has 4 aromatic rings. The number of aryl methyl sites for hydroxylation is 1. The number of benzene rings is 1. The molecule has 0 saturated heterocycles. The molecule has 1 saturated carbocycles. The molecule has 2 N–H and O–H groups in total. The van der Waals surface area contributed by atoms with Gasteiger partial charge >= 0.3 is 0 Å². The highest BCUT2D eigenvalue weighted by atomic mass is 35.5. The molecule has 148 valence electrons. The van der Waals surface area contributed by atoms with Crippen molar-refractivity contribution in [2.24, 2.45) is 0 Å². The molecule has 29 heavy (non-hydrogen) atoms. The number of fused-ring (bicyclic) bond motifs is 2. The first-order chi connectivity index (χ1) is 14.1. The summed E-state index contributed by atoms with van der Waals surface area (Å²) in [6, 6.07) is 7.57. The Hall–Kier alpha value is -2.93. The molecule has 7 nitrogen and oxygen atoms in total. The van der Waals surface area contributed by atoms with Crippen LogP contribution in [0.4, 0.5) is 0 Å². The molecular weight excluding hydrogens is 388 g/mol. The number of amides is 1. The molecule has 1 fully saturated rings. The number of nitrogens with zero attached hydrogens (tertiary/aromatic N) is 4. The van der Waals surface area contributed by atoms with Crippen molar-refractivity contribution < 1.29 is 4.79 Å². The summed E-state index contributed by atoms with van der Waals surface area (Å²) in [5, 5.41) is 12.2. The van der Waals surface area contributed by atoms with Gasteiger partial charge in [0.05, 0.1) is 16.1 Å². The third-order valence-electron chi connectivity index (χ3n) is 5.56. The van der Waals surface area contributed by atoms with Gasteiger partial charge in [-0.05, 0) is 49.6 Å². The lowest BCUT2D eigenvalue weighted by Gasteiger charge is -2.23. The Bertz CT molecular complexity index is 1220. The maximum absolute atomic E-state index is 12.7. The van der Waals surface area contributed by atoms with E-state index in [9.17, 15) is 4.79 Å². The first-order valence-corrected chi connectivity index (χ1v) is 10.2. The number of rotatable bonds is 5. The second kappa shape index (κ2) is 7.15. The molecule has 5 rings (SSSR count). The number of imidazole rings is 1. The quantitative estimate of drug-likeness (QED) is 0.525. The lowest BCUT2D eigenvalue weighted by atomic mass is 9.85. The summed E-state index contributed by atoms with van der Waals surface area (Å²) < 4.78 is 1.95. The summed E-state index contributed by atoms with van der Waals surface area (Å²) in [7, 11) is 0. The minimum absolute atomic E-state index is 0.159. The third kappa shape index (κ3) is 3.25. The highest BCUT2D eigenvalue weighted by Crippen LogP contribution is 2.35. The van der Waals surface area contributed by atoms with E-state index in [1.165, 1.54) is 6.42 Å². The van der Waals surface area contributed by atoms with Crippen LogP contribution in [0.5, 0.6) is 0 Å². The van der Waals surface area contributed by atoms with Gasteiger partial charge in [0, 0.05) is 25.1 Å². The zero-order chi connectivity index (χ0) is 20.0. The van der Waals surface area contributed by atoms with Crippen molar-refractivity contribution in [3.63, 3.8) is 0 Å². The van der Waals surface area contributed by atoms with E-state index in [2.05, 4.69) is 25.5 Å². The molecule has 0 spiro atoms. The van der Waals surface area contributed by atoms with Crippen LogP contribution in [-0.4, -0.2) is 37.0 Å². The van der Waals surface area contributed by atoms with Crippen molar-refractivity contribution in [3.05, 3.63) is 58.3 Å². The Morgan fingerprint density at radius 2 is 2.21 bits per heavy atom. The Morgan fingerprint density at radius 3 is 3.00 bits per heavy atom. The maximum Gasteiger partial charge on any atom is 0.255 e. The number of pyridine rings is 1. The zero-order valence-electron chi connectivity index (χ0n) is 16.1. The molecular formula is C21H21ClN6O. The van der Waals surface area contributed by atoms with Crippen molar-refractivity contribution in [1.82, 2.24) is 29.9 Å². The summed E-state index contributed by atoms with van der Waals surface area (Å²) in [5.74, 6) is 2.04. The van der Waals surface area contributed by atoms with E-state index in [-0.39, 0.29) is 5.91 Å². The minimum Gasteiger partial charge on any atom is -0.351 e. The fourth-order valence-electron chi connectivity index (χ4n) is 3.83. The van der Waals surface area contributed by atoms with E-state index < -0.39 is 0 Å². The number of aromatic nitrogens is 5. The van der Waals surface area contributed by atoms with Gasteiger partial charge in [0.15, 0.2) is 5.65 Å². The van der Waals surface area contributed by atoms with Crippen LogP contribution >= 0.6 is 11.6 Å². The average molecular weight is 409 g/mol. The second-order valence-corrected chi connectivity index (χ2v) is 8.04. The van der Waals surface area contributed by atoms with Crippen LogP contribution in [0.15, 0.2) is 30.5 Å². The van der Waals surface area contributed by atoms with Crippen molar-refractivity contribution in [3.8, 4) is 0 Å². The van der Waals surface area contributed by atoms with Gasteiger partial charge in [0.1, 0.15) is 17.2 Å². The standard InChI is InChI=1S/C21H21ClN6O/c1-12-10-15(22)18-16(11-12)24-17(25-18)7-8-23-21(29)14-6-3-9-28-19(13-4-2-5-13)26-27-20(14)28/h3,6,9-11,13H,2,4-5,7-8H2,1H3,(H,23,29)(H,24,25). The molecule has 0 radical (unpaired) electrons. The summed E-state index contributed by atoms with van der Waals surface area (Å²) in [6.45, 7) is 2.45. The Balaban J connectivity index is 1.30. The molecule has 1 aliphatic carbocycles. The van der Waals surface area contributed by atoms with E-state index in [1.54, 1.807) is 6.07 Å². The summed E-state index contributed by atoms with van der Waals surface area (Å²) >= 11 is 6.27. The lowest BCUT2D eigenvalue weighted by molar-refractivity contribution is 0.0955. The molecule has 0 unspecified atom stereocenters. The SMILES string of the molecule is Cc1cc(Cl)c2nc(CCNC(=O)c3cccn4c(C5CCC5)nnc34)[nH]c2c1. The van der Waals surface area contributed by atoms with Gasteiger partial charge in [-0.15, -0.1) is 10.2 Å². The van der Waals surface area contributed by atoms with Crippen LogP contribution in [-0.2, 0) is 6.42 Å². The van der Waals surface area contributed by atoms with Gasteiger partial charge in [-0.1, -0.05) is 18.0 Å². The van der Waals surface area contributed by atoms with Gasteiger partial charge in [-0.25, -0.2) is 4.98 Å². The number of nitrogens with one attached hydrogen (secondary N) is 2. The van der Waals surface area contributed by atoms with E-state index in [0.29, 0.717) is 35.1 Å². The monoisotopic (exact) mass is 408 g/mol. The number of carbonyl (C=O) groups is 1. The molecule has 0 atom stereocenters. The van der Waals surface area contributed by atoms with Crippen LogP contribution in [0.1, 0.15) is 52.8 Å². The summed E-state index contributed by atoms with van der Waals surface area (Å²) in [5.41, 5.74) is 3.89. The Kier molecular flexibility index (Phi) is 4.47. The predicted octanol–water partition coefficient (Wildman–Crippen LogP) is 3.81. The van der Waals surface area contributed by atoms with Gasteiger partial charge in [0.2, 0.25) is 0 Å². The molecule has 1 aliphatic rings. The van der Waals surface area contributed by atoms with Crippen LogP contribution in [0.3, 0.4) is 0 Å². The van der Waals surface area contributed by atoms with Crippen molar-refractivity contribution in [2.75, 3.05) is 6.54 Å². The van der Waals surface area contributed by atoms with Crippen LogP contribution in [0, 0.1) is 6.92 Å². The number of H-pyrrole nitrogens is 1. The molecule has 3 aromatic heterocycles. The predicted molar refractivity (Wildman–Crippen MR) is 111 cm³/mol. The molecule has 8 heteroatoms. The van der Waals surface area contributed by atoms with E-state index >= 15 is 0 Å². The third-order valence-corrected chi connectivity index (χ3v) is 5.85. The molecule has 3 heterocycles. The first kappa shape index (κ1) is 18.1. The number of carbonyl (C=O) groups excluding carboxylic acids is 1. The largest absolute Gasteiger partial charge is 0.351 e. The number of aromatic amines is 1. The maximum atomic E-state index is 12.7. The van der Waals surface area contributed by atoms with E-state index in [1.807, 2.05) is 35.7 Å². The highest BCUT2D eigenvalue weighted by Gasteiger charge is 2.25. The van der Waals surface area contributed by atoms with E-state index in [4.69, 9.17) is 11.6 Å².